The van der Waals surface area contributed by atoms with Crippen LogP contribution in [0.1, 0.15) is 0 Å². The number of halogens is 4. The molecule has 11 heteroatoms. The van der Waals surface area contributed by atoms with E-state index in [1.807, 2.05) is 0 Å². The average molecular weight is 367 g/mol. The number of nitro groups is 1. The molecule has 0 aromatic heterocycles. The summed E-state index contributed by atoms with van der Waals surface area (Å²) in [7, 11) is -4.48. The van der Waals surface area contributed by atoms with Gasteiger partial charge in [-0.2, -0.15) is 0 Å². The van der Waals surface area contributed by atoms with Gasteiger partial charge in [0, 0.05) is 6.07 Å². The monoisotopic (exact) mass is 366 g/mol. The normalized spacial score (nSPS) is 11.3. The molecule has 6 nitrogen and oxygen atoms in total. The molecule has 0 spiro atoms. The highest BCUT2D eigenvalue weighted by Gasteiger charge is 2.23. The Morgan fingerprint density at radius 1 is 1.09 bits per heavy atom. The molecule has 23 heavy (non-hydrogen) atoms. The second-order valence-corrected chi connectivity index (χ2v) is 6.29. The molecule has 0 heterocycles. The number of anilines is 1. The Kier molecular flexibility index (Phi) is 4.48. The van der Waals surface area contributed by atoms with Crippen molar-refractivity contribution < 1.29 is 26.5 Å². The lowest BCUT2D eigenvalue weighted by Crippen LogP contribution is -2.15. The van der Waals surface area contributed by atoms with Gasteiger partial charge in [-0.15, -0.1) is 0 Å². The molecule has 0 aliphatic rings. The van der Waals surface area contributed by atoms with Gasteiger partial charge in [0.2, 0.25) is 0 Å². The zero-order valence-electron chi connectivity index (χ0n) is 10.9. The smallest absolute Gasteiger partial charge is 0.277 e. The van der Waals surface area contributed by atoms with E-state index in [2.05, 4.69) is 0 Å². The summed E-state index contributed by atoms with van der Waals surface area (Å²) in [6.45, 7) is 0. The summed E-state index contributed by atoms with van der Waals surface area (Å²) < 4.78 is 65.3. The van der Waals surface area contributed by atoms with E-state index in [-0.39, 0.29) is 5.02 Å². The van der Waals surface area contributed by atoms with Crippen LogP contribution in [0.25, 0.3) is 0 Å². The minimum atomic E-state index is -4.48. The summed E-state index contributed by atoms with van der Waals surface area (Å²) in [5, 5.41) is 10.5. The first kappa shape index (κ1) is 17.0. The lowest BCUT2D eigenvalue weighted by molar-refractivity contribution is -0.384. The van der Waals surface area contributed by atoms with Crippen molar-refractivity contribution in [1.82, 2.24) is 0 Å². The maximum atomic E-state index is 13.5. The van der Waals surface area contributed by atoms with Gasteiger partial charge in [-0.1, -0.05) is 11.6 Å². The third kappa shape index (κ3) is 3.37. The molecule has 0 saturated carbocycles. The molecule has 2 aromatic carbocycles. The highest BCUT2D eigenvalue weighted by atomic mass is 35.5. The Balaban J connectivity index is 2.46. The number of hydrogen-bond donors (Lipinski definition) is 1. The van der Waals surface area contributed by atoms with Crippen molar-refractivity contribution in [3.05, 3.63) is 62.9 Å². The number of rotatable bonds is 4. The van der Waals surface area contributed by atoms with Crippen molar-refractivity contribution in [2.45, 2.75) is 4.90 Å². The van der Waals surface area contributed by atoms with Crippen LogP contribution in [0.15, 0.2) is 35.2 Å². The van der Waals surface area contributed by atoms with Crippen LogP contribution < -0.4 is 4.72 Å². The highest BCUT2D eigenvalue weighted by Crippen LogP contribution is 2.29. The molecule has 0 saturated heterocycles. The van der Waals surface area contributed by atoms with Gasteiger partial charge in [-0.3, -0.25) is 14.8 Å². The maximum Gasteiger partial charge on any atom is 0.289 e. The summed E-state index contributed by atoms with van der Waals surface area (Å²) in [5.41, 5.74) is -1.53. The minimum absolute atomic E-state index is 0.298. The number of nitro benzene ring substituents is 1. The van der Waals surface area contributed by atoms with E-state index < -0.39 is 48.7 Å². The summed E-state index contributed by atoms with van der Waals surface area (Å²) in [4.78, 5) is 9.25. The zero-order chi connectivity index (χ0) is 17.4. The van der Waals surface area contributed by atoms with Gasteiger partial charge >= 0.3 is 0 Å². The summed E-state index contributed by atoms with van der Waals surface area (Å²) in [6, 6.07) is 3.77. The molecule has 0 aliphatic heterocycles. The standard InChI is InChI=1S/C12H6ClF3N2O4S/c13-7-2-1-6(5-10(7)18(19)20)23(21,22)17-9-4-3-8(14)11(15)12(9)16/h1-5,17H. The average Bonchev–Trinajstić information content (AvgIpc) is 2.48. The van der Waals surface area contributed by atoms with E-state index in [9.17, 15) is 31.7 Å². The molecule has 2 rings (SSSR count). The molecular formula is C12H6ClF3N2O4S. The first-order valence-electron chi connectivity index (χ1n) is 5.73. The predicted octanol–water partition coefficient (Wildman–Crippen LogP) is 3.47. The van der Waals surface area contributed by atoms with Crippen LogP contribution >= 0.6 is 11.6 Å². The van der Waals surface area contributed by atoms with Crippen molar-refractivity contribution in [2.24, 2.45) is 0 Å². The van der Waals surface area contributed by atoms with Crippen LogP contribution in [0.4, 0.5) is 24.5 Å². The van der Waals surface area contributed by atoms with Gasteiger partial charge in [0.15, 0.2) is 17.5 Å². The number of sulfonamides is 1. The van der Waals surface area contributed by atoms with Gasteiger partial charge in [0.05, 0.1) is 15.5 Å². The largest absolute Gasteiger partial charge is 0.289 e. The molecule has 1 N–H and O–H groups in total. The Morgan fingerprint density at radius 2 is 1.74 bits per heavy atom. The zero-order valence-corrected chi connectivity index (χ0v) is 12.5. The minimum Gasteiger partial charge on any atom is -0.277 e. The van der Waals surface area contributed by atoms with Crippen LogP contribution in [-0.2, 0) is 10.0 Å². The SMILES string of the molecule is O=[N+]([O-])c1cc(S(=O)(=O)Nc2ccc(F)c(F)c2F)ccc1Cl. The van der Waals surface area contributed by atoms with E-state index in [1.165, 1.54) is 0 Å². The van der Waals surface area contributed by atoms with E-state index >= 15 is 0 Å². The summed E-state index contributed by atoms with van der Waals surface area (Å²) in [5.74, 6) is -5.09. The second-order valence-electron chi connectivity index (χ2n) is 4.20. The number of nitrogens with one attached hydrogen (secondary N) is 1. The van der Waals surface area contributed by atoms with Crippen molar-refractivity contribution in [1.29, 1.82) is 0 Å². The van der Waals surface area contributed by atoms with Crippen LogP contribution in [-0.4, -0.2) is 13.3 Å². The van der Waals surface area contributed by atoms with E-state index in [0.717, 1.165) is 12.1 Å². The Labute approximate surface area is 132 Å². The number of benzene rings is 2. The Morgan fingerprint density at radius 3 is 2.35 bits per heavy atom. The Bertz CT molecular complexity index is 905. The lowest BCUT2D eigenvalue weighted by Gasteiger charge is -2.09. The molecule has 0 fully saturated rings. The topological polar surface area (TPSA) is 89.3 Å². The summed E-state index contributed by atoms with van der Waals surface area (Å²) >= 11 is 5.56. The highest BCUT2D eigenvalue weighted by molar-refractivity contribution is 7.92. The molecule has 122 valence electrons. The van der Waals surface area contributed by atoms with Crippen LogP contribution in [0.2, 0.25) is 5.02 Å². The van der Waals surface area contributed by atoms with Crippen molar-refractivity contribution in [3.63, 3.8) is 0 Å². The van der Waals surface area contributed by atoms with Gasteiger partial charge in [0.25, 0.3) is 15.7 Å². The first-order valence-corrected chi connectivity index (χ1v) is 7.60. The number of hydrogen-bond acceptors (Lipinski definition) is 4. The molecule has 0 bridgehead atoms. The van der Waals surface area contributed by atoms with Crippen molar-refractivity contribution in [2.75, 3.05) is 4.72 Å². The molecule has 2 aromatic rings. The van der Waals surface area contributed by atoms with Gasteiger partial charge in [0.1, 0.15) is 5.02 Å². The molecule has 0 amide bonds. The fraction of sp³-hybridized carbons (Fsp3) is 0. The maximum absolute atomic E-state index is 13.5. The lowest BCUT2D eigenvalue weighted by atomic mass is 10.3. The van der Waals surface area contributed by atoms with Crippen molar-refractivity contribution >= 4 is 33.0 Å². The fourth-order valence-electron chi connectivity index (χ4n) is 1.61. The quantitative estimate of drug-likeness (QED) is 0.509. The molecule has 0 aliphatic carbocycles. The van der Waals surface area contributed by atoms with Gasteiger partial charge in [-0.05, 0) is 24.3 Å². The molecule has 0 radical (unpaired) electrons. The Hall–Kier alpha value is -2.33. The third-order valence-electron chi connectivity index (χ3n) is 2.70. The molecular weight excluding hydrogens is 361 g/mol. The van der Waals surface area contributed by atoms with Crippen molar-refractivity contribution in [3.8, 4) is 0 Å². The van der Waals surface area contributed by atoms with Crippen LogP contribution in [0.3, 0.4) is 0 Å². The molecule has 0 unspecified atom stereocenters. The van der Waals surface area contributed by atoms with Gasteiger partial charge < -0.3 is 0 Å². The van der Waals surface area contributed by atoms with E-state index in [4.69, 9.17) is 11.6 Å². The number of nitrogens with zero attached hydrogens (tertiary/aromatic N) is 1. The van der Waals surface area contributed by atoms with Gasteiger partial charge in [-0.25, -0.2) is 21.6 Å². The molecule has 0 atom stereocenters. The van der Waals surface area contributed by atoms with Crippen LogP contribution in [0, 0.1) is 27.6 Å². The van der Waals surface area contributed by atoms with E-state index in [0.29, 0.717) is 18.2 Å². The first-order chi connectivity index (χ1) is 10.6. The summed E-state index contributed by atoms with van der Waals surface area (Å²) in [6.07, 6.45) is 0. The second kappa shape index (κ2) is 6.05. The van der Waals surface area contributed by atoms with E-state index in [1.54, 1.807) is 4.72 Å². The third-order valence-corrected chi connectivity index (χ3v) is 4.39. The predicted molar refractivity (Wildman–Crippen MR) is 75.2 cm³/mol. The fourth-order valence-corrected chi connectivity index (χ4v) is 2.87. The van der Waals surface area contributed by atoms with Crippen LogP contribution in [0.5, 0.6) is 0 Å².